The molecule has 22 heavy (non-hydrogen) atoms. The summed E-state index contributed by atoms with van der Waals surface area (Å²) >= 11 is 0. The van der Waals surface area contributed by atoms with Gasteiger partial charge in [-0.15, -0.1) is 24.0 Å². The number of hydrogen-bond acceptors (Lipinski definition) is 4. The van der Waals surface area contributed by atoms with Crippen molar-refractivity contribution in [2.24, 2.45) is 10.9 Å². The van der Waals surface area contributed by atoms with Gasteiger partial charge in [0.05, 0.1) is 6.61 Å². The summed E-state index contributed by atoms with van der Waals surface area (Å²) in [5.41, 5.74) is 0. The zero-order valence-corrected chi connectivity index (χ0v) is 16.1. The fourth-order valence-electron chi connectivity index (χ4n) is 2.04. The van der Waals surface area contributed by atoms with Gasteiger partial charge >= 0.3 is 6.09 Å². The van der Waals surface area contributed by atoms with Crippen LogP contribution >= 0.6 is 24.0 Å². The number of nitrogens with one attached hydrogen (secondary N) is 1. The van der Waals surface area contributed by atoms with Crippen LogP contribution in [0.15, 0.2) is 4.99 Å². The number of nitrogens with zero attached hydrogens (tertiary/aromatic N) is 3. The molecule has 1 aliphatic heterocycles. The molecule has 1 saturated heterocycles. The summed E-state index contributed by atoms with van der Waals surface area (Å²) in [4.78, 5) is 20.1. The summed E-state index contributed by atoms with van der Waals surface area (Å²) in [6.07, 6.45) is -0.243. The van der Waals surface area contributed by atoms with Gasteiger partial charge in [0.25, 0.3) is 0 Å². The smallest absolute Gasteiger partial charge is 0.409 e. The van der Waals surface area contributed by atoms with Gasteiger partial charge < -0.3 is 25.0 Å². The number of aliphatic hydroxyl groups excluding tert-OH is 1. The van der Waals surface area contributed by atoms with Crippen LogP contribution in [0.5, 0.6) is 0 Å². The highest BCUT2D eigenvalue weighted by Crippen LogP contribution is 2.05. The highest BCUT2D eigenvalue weighted by Gasteiger charge is 2.23. The number of amides is 1. The Labute approximate surface area is 150 Å². The lowest BCUT2D eigenvalue weighted by molar-refractivity contribution is 0.0914. The number of guanidine groups is 1. The van der Waals surface area contributed by atoms with Crippen LogP contribution in [0, 0.1) is 5.92 Å². The Morgan fingerprint density at radius 2 is 1.86 bits per heavy atom. The van der Waals surface area contributed by atoms with Crippen molar-refractivity contribution in [3.8, 4) is 0 Å². The summed E-state index contributed by atoms with van der Waals surface area (Å²) in [5, 5.41) is 12.3. The molecular formula is C14H29IN4O3. The Hall–Kier alpha value is -0.770. The van der Waals surface area contributed by atoms with Crippen molar-refractivity contribution >= 4 is 36.0 Å². The molecule has 1 unspecified atom stereocenters. The number of piperazine rings is 1. The van der Waals surface area contributed by atoms with E-state index in [-0.39, 0.29) is 42.6 Å². The monoisotopic (exact) mass is 428 g/mol. The third-order valence-corrected chi connectivity index (χ3v) is 3.30. The second-order valence-corrected chi connectivity index (χ2v) is 5.16. The van der Waals surface area contributed by atoms with E-state index in [9.17, 15) is 4.79 Å². The highest BCUT2D eigenvalue weighted by molar-refractivity contribution is 14.0. The first-order chi connectivity index (χ1) is 10.1. The second kappa shape index (κ2) is 11.8. The van der Waals surface area contributed by atoms with Gasteiger partial charge in [-0.2, -0.15) is 0 Å². The Morgan fingerprint density at radius 3 is 2.36 bits per heavy atom. The van der Waals surface area contributed by atoms with Crippen LogP contribution in [-0.2, 0) is 4.74 Å². The minimum absolute atomic E-state index is 0. The molecule has 1 rings (SSSR count). The molecule has 7 nitrogen and oxygen atoms in total. The van der Waals surface area contributed by atoms with E-state index in [1.807, 2.05) is 20.8 Å². The van der Waals surface area contributed by atoms with E-state index in [1.165, 1.54) is 0 Å². The van der Waals surface area contributed by atoms with Crippen LogP contribution < -0.4 is 5.32 Å². The van der Waals surface area contributed by atoms with Gasteiger partial charge in [0.1, 0.15) is 0 Å². The molecule has 8 heteroatoms. The number of carbonyl (C=O) groups is 1. The average Bonchev–Trinajstić information content (AvgIpc) is 2.51. The van der Waals surface area contributed by atoms with Crippen LogP contribution in [0.4, 0.5) is 4.79 Å². The number of rotatable bonds is 5. The van der Waals surface area contributed by atoms with Crippen LogP contribution in [-0.4, -0.2) is 79.4 Å². The standard InChI is InChI=1S/C14H28N4O3.HI/c1-4-15-13(16-10-12(3)11-19)17-6-8-18(9-7-17)14(20)21-5-2;/h12,19H,4-11H2,1-3H3,(H,15,16);1H. The fourth-order valence-corrected chi connectivity index (χ4v) is 2.04. The van der Waals surface area contributed by atoms with E-state index in [4.69, 9.17) is 9.84 Å². The van der Waals surface area contributed by atoms with Crippen molar-refractivity contribution in [3.63, 3.8) is 0 Å². The lowest BCUT2D eigenvalue weighted by atomic mass is 10.2. The first kappa shape index (κ1) is 21.2. The molecule has 1 fully saturated rings. The third kappa shape index (κ3) is 6.99. The molecule has 0 aromatic rings. The predicted octanol–water partition coefficient (Wildman–Crippen LogP) is 0.972. The lowest BCUT2D eigenvalue weighted by Crippen LogP contribution is -2.54. The minimum Gasteiger partial charge on any atom is -0.450 e. The number of aliphatic imine (C=N–C) groups is 1. The maximum absolute atomic E-state index is 11.7. The van der Waals surface area contributed by atoms with Gasteiger partial charge in [-0.3, -0.25) is 4.99 Å². The fraction of sp³-hybridized carbons (Fsp3) is 0.857. The molecule has 0 aromatic carbocycles. The Balaban J connectivity index is 0.00000441. The van der Waals surface area contributed by atoms with Gasteiger partial charge in [0.2, 0.25) is 0 Å². The molecule has 130 valence electrons. The Morgan fingerprint density at radius 1 is 1.27 bits per heavy atom. The summed E-state index contributed by atoms with van der Waals surface area (Å²) in [7, 11) is 0. The van der Waals surface area contributed by atoms with Gasteiger partial charge in [-0.05, 0) is 19.8 Å². The number of halogens is 1. The first-order valence-corrected chi connectivity index (χ1v) is 7.68. The van der Waals surface area contributed by atoms with Crippen LogP contribution in [0.3, 0.4) is 0 Å². The average molecular weight is 428 g/mol. The summed E-state index contributed by atoms with van der Waals surface area (Å²) in [6.45, 7) is 10.5. The number of aliphatic hydroxyl groups is 1. The van der Waals surface area contributed by atoms with Crippen LogP contribution in [0.25, 0.3) is 0 Å². The SMILES string of the molecule is CCNC(=NCC(C)CO)N1CCN(C(=O)OCC)CC1.I. The lowest BCUT2D eigenvalue weighted by Gasteiger charge is -2.36. The molecule has 1 atom stereocenters. The van der Waals surface area contributed by atoms with Gasteiger partial charge in [0.15, 0.2) is 5.96 Å². The third-order valence-electron chi connectivity index (χ3n) is 3.30. The maximum Gasteiger partial charge on any atom is 0.409 e. The Bertz CT molecular complexity index is 347. The van der Waals surface area contributed by atoms with Crippen molar-refractivity contribution in [3.05, 3.63) is 0 Å². The quantitative estimate of drug-likeness (QED) is 0.388. The second-order valence-electron chi connectivity index (χ2n) is 5.16. The molecule has 2 N–H and O–H groups in total. The molecule has 0 radical (unpaired) electrons. The molecule has 1 aliphatic rings. The molecular weight excluding hydrogens is 399 g/mol. The van der Waals surface area contributed by atoms with Crippen molar-refractivity contribution in [1.82, 2.24) is 15.1 Å². The topological polar surface area (TPSA) is 77.4 Å². The molecule has 0 saturated carbocycles. The van der Waals surface area contributed by atoms with E-state index in [2.05, 4.69) is 15.2 Å². The van der Waals surface area contributed by atoms with Crippen molar-refractivity contribution in [1.29, 1.82) is 0 Å². The largest absolute Gasteiger partial charge is 0.450 e. The van der Waals surface area contributed by atoms with Crippen molar-refractivity contribution in [2.45, 2.75) is 20.8 Å². The summed E-state index contributed by atoms with van der Waals surface area (Å²) in [5.74, 6) is 1.00. The predicted molar refractivity (Wildman–Crippen MR) is 97.8 cm³/mol. The zero-order chi connectivity index (χ0) is 15.7. The molecule has 0 aliphatic carbocycles. The van der Waals surface area contributed by atoms with E-state index in [0.717, 1.165) is 25.6 Å². The van der Waals surface area contributed by atoms with E-state index >= 15 is 0 Å². The molecule has 0 bridgehead atoms. The van der Waals surface area contributed by atoms with Gasteiger partial charge in [-0.1, -0.05) is 6.92 Å². The van der Waals surface area contributed by atoms with Crippen molar-refractivity contribution < 1.29 is 14.6 Å². The molecule has 1 heterocycles. The van der Waals surface area contributed by atoms with E-state index < -0.39 is 0 Å². The van der Waals surface area contributed by atoms with Crippen molar-refractivity contribution in [2.75, 3.05) is 52.5 Å². The molecule has 1 amide bonds. The summed E-state index contributed by atoms with van der Waals surface area (Å²) < 4.78 is 5.01. The number of hydrogen-bond donors (Lipinski definition) is 2. The minimum atomic E-state index is -0.243. The number of carbonyl (C=O) groups excluding carboxylic acids is 1. The van der Waals surface area contributed by atoms with Gasteiger partial charge in [-0.25, -0.2) is 4.79 Å². The Kier molecular flexibility index (Phi) is 11.3. The van der Waals surface area contributed by atoms with E-state index in [0.29, 0.717) is 26.2 Å². The van der Waals surface area contributed by atoms with E-state index in [1.54, 1.807) is 4.90 Å². The maximum atomic E-state index is 11.7. The highest BCUT2D eigenvalue weighted by atomic mass is 127. The first-order valence-electron chi connectivity index (χ1n) is 7.68. The van der Waals surface area contributed by atoms with Gasteiger partial charge in [0, 0.05) is 45.9 Å². The van der Waals surface area contributed by atoms with Crippen LogP contribution in [0.2, 0.25) is 0 Å². The van der Waals surface area contributed by atoms with Crippen LogP contribution in [0.1, 0.15) is 20.8 Å². The zero-order valence-electron chi connectivity index (χ0n) is 13.7. The number of ether oxygens (including phenoxy) is 1. The normalized spacial score (nSPS) is 16.8. The molecule has 0 spiro atoms. The molecule has 0 aromatic heterocycles. The summed E-state index contributed by atoms with van der Waals surface area (Å²) in [6, 6.07) is 0.